The zero-order chi connectivity index (χ0) is 14.3. The van der Waals surface area contributed by atoms with Crippen LogP contribution in [0.2, 0.25) is 0 Å². The number of hydrogen-bond donors (Lipinski definition) is 3. The molecular weight excluding hydrogens is 246 g/mol. The Morgan fingerprint density at radius 1 is 1.42 bits per heavy atom. The van der Waals surface area contributed by atoms with E-state index in [2.05, 4.69) is 10.3 Å². The summed E-state index contributed by atoms with van der Waals surface area (Å²) in [6, 6.07) is 3.38. The molecule has 0 bridgehead atoms. The van der Waals surface area contributed by atoms with Gasteiger partial charge in [0, 0.05) is 19.3 Å². The molecule has 0 aliphatic rings. The molecule has 0 unspecified atom stereocenters. The molecule has 0 aromatic carbocycles. The smallest absolute Gasteiger partial charge is 0.266 e. The molecule has 1 aromatic heterocycles. The monoisotopic (exact) mass is 265 g/mol. The number of aromatic nitrogens is 1. The van der Waals surface area contributed by atoms with Gasteiger partial charge in [-0.1, -0.05) is 0 Å². The van der Waals surface area contributed by atoms with E-state index >= 15 is 0 Å². The van der Waals surface area contributed by atoms with E-state index < -0.39 is 0 Å². The van der Waals surface area contributed by atoms with Crippen LogP contribution in [0.15, 0.2) is 18.3 Å². The number of carbonyl (C=O) groups is 2. The van der Waals surface area contributed by atoms with Crippen LogP contribution in [-0.4, -0.2) is 41.8 Å². The average Bonchev–Trinajstić information content (AvgIpc) is 2.38. The van der Waals surface area contributed by atoms with Gasteiger partial charge in [-0.15, -0.1) is 0 Å². The highest BCUT2D eigenvalue weighted by Crippen LogP contribution is 2.02. The van der Waals surface area contributed by atoms with Crippen molar-refractivity contribution in [2.24, 2.45) is 5.84 Å². The lowest BCUT2D eigenvalue weighted by molar-refractivity contribution is -0.121. The molecule has 0 aliphatic carbocycles. The van der Waals surface area contributed by atoms with E-state index in [1.165, 1.54) is 6.20 Å². The third kappa shape index (κ3) is 5.02. The van der Waals surface area contributed by atoms with E-state index in [9.17, 15) is 9.59 Å². The van der Waals surface area contributed by atoms with Gasteiger partial charge in [-0.25, -0.2) is 5.84 Å². The molecule has 1 aromatic rings. The van der Waals surface area contributed by atoms with Crippen molar-refractivity contribution in [1.82, 2.24) is 20.6 Å². The first-order valence-corrected chi connectivity index (χ1v) is 5.98. The predicted molar refractivity (Wildman–Crippen MR) is 70.9 cm³/mol. The highest BCUT2D eigenvalue weighted by Gasteiger charge is 2.08. The number of carbonyl (C=O) groups excluding carboxylic acids is 2. The Balaban J connectivity index is 2.53. The van der Waals surface area contributed by atoms with Crippen molar-refractivity contribution in [3.63, 3.8) is 0 Å². The summed E-state index contributed by atoms with van der Waals surface area (Å²) in [6.07, 6.45) is 1.46. The van der Waals surface area contributed by atoms with Gasteiger partial charge in [-0.3, -0.25) is 24.9 Å². The van der Waals surface area contributed by atoms with Crippen LogP contribution in [0.1, 0.15) is 23.0 Å². The topological polar surface area (TPSA) is 100 Å². The maximum absolute atomic E-state index is 11.4. The van der Waals surface area contributed by atoms with Crippen LogP contribution in [-0.2, 0) is 11.3 Å². The number of hydrogen-bond acceptors (Lipinski definition) is 5. The van der Waals surface area contributed by atoms with E-state index in [4.69, 9.17) is 5.84 Å². The van der Waals surface area contributed by atoms with Gasteiger partial charge in [-0.05, 0) is 26.1 Å². The molecule has 0 fully saturated rings. The van der Waals surface area contributed by atoms with E-state index in [1.807, 2.05) is 24.3 Å². The van der Waals surface area contributed by atoms with Crippen LogP contribution < -0.4 is 16.6 Å². The molecule has 104 valence electrons. The molecule has 0 saturated carbocycles. The summed E-state index contributed by atoms with van der Waals surface area (Å²) in [6.45, 7) is 3.33. The molecular formula is C12H19N5O2. The first-order valence-electron chi connectivity index (χ1n) is 5.98. The normalized spacial score (nSPS) is 10.3. The molecule has 7 nitrogen and oxygen atoms in total. The van der Waals surface area contributed by atoms with Gasteiger partial charge in [0.1, 0.15) is 0 Å². The zero-order valence-electron chi connectivity index (χ0n) is 11.1. The molecule has 0 radical (unpaired) electrons. The lowest BCUT2D eigenvalue weighted by Crippen LogP contribution is -2.34. The minimum atomic E-state index is -0.380. The largest absolute Gasteiger partial charge is 0.355 e. The lowest BCUT2D eigenvalue weighted by atomic mass is 10.2. The Morgan fingerprint density at radius 2 is 2.16 bits per heavy atom. The van der Waals surface area contributed by atoms with E-state index in [-0.39, 0.29) is 11.8 Å². The van der Waals surface area contributed by atoms with E-state index in [1.54, 1.807) is 12.1 Å². The minimum Gasteiger partial charge on any atom is -0.355 e. The van der Waals surface area contributed by atoms with Crippen molar-refractivity contribution in [3.05, 3.63) is 29.6 Å². The second-order valence-corrected chi connectivity index (χ2v) is 4.14. The number of amides is 2. The molecule has 1 heterocycles. The summed E-state index contributed by atoms with van der Waals surface area (Å²) >= 11 is 0. The van der Waals surface area contributed by atoms with Crippen molar-refractivity contribution in [3.8, 4) is 0 Å². The molecule has 1 rings (SSSR count). The Bertz CT molecular complexity index is 432. The number of pyridine rings is 1. The fraction of sp³-hybridized carbons (Fsp3) is 0.417. The van der Waals surface area contributed by atoms with Crippen molar-refractivity contribution in [2.45, 2.75) is 13.5 Å². The second-order valence-electron chi connectivity index (χ2n) is 4.14. The van der Waals surface area contributed by atoms with Gasteiger partial charge in [0.25, 0.3) is 5.91 Å². The lowest BCUT2D eigenvalue weighted by Gasteiger charge is -2.15. The van der Waals surface area contributed by atoms with Gasteiger partial charge in [0.15, 0.2) is 0 Å². The van der Waals surface area contributed by atoms with Gasteiger partial charge in [-0.2, -0.15) is 0 Å². The molecule has 19 heavy (non-hydrogen) atoms. The maximum atomic E-state index is 11.4. The van der Waals surface area contributed by atoms with Gasteiger partial charge < -0.3 is 5.32 Å². The van der Waals surface area contributed by atoms with E-state index in [0.717, 1.165) is 5.69 Å². The number of likely N-dealkylation sites (N-methyl/N-ethyl adjacent to an activating group) is 2. The summed E-state index contributed by atoms with van der Waals surface area (Å²) in [5, 5.41) is 2.73. The minimum absolute atomic E-state index is 0.0240. The van der Waals surface area contributed by atoms with Crippen molar-refractivity contribution in [2.75, 3.05) is 20.1 Å². The standard InChI is InChI=1S/C12H19N5O2/c1-3-14-11(18)8-17(2)7-10-5-4-9(6-15-10)12(19)16-13/h4-6H,3,7-8,13H2,1-2H3,(H,14,18)(H,16,19). The first-order chi connectivity index (χ1) is 9.06. The number of nitrogens with zero attached hydrogens (tertiary/aromatic N) is 2. The SMILES string of the molecule is CCNC(=O)CN(C)Cc1ccc(C(=O)NN)cn1. The zero-order valence-corrected chi connectivity index (χ0v) is 11.1. The molecule has 4 N–H and O–H groups in total. The summed E-state index contributed by atoms with van der Waals surface area (Å²) in [7, 11) is 1.83. The number of hydrazine groups is 1. The molecule has 7 heteroatoms. The van der Waals surface area contributed by atoms with E-state index in [0.29, 0.717) is 25.2 Å². The predicted octanol–water partition coefficient (Wildman–Crippen LogP) is -0.747. The molecule has 0 saturated heterocycles. The van der Waals surface area contributed by atoms with Gasteiger partial charge in [0.2, 0.25) is 5.91 Å². The number of nitrogen functional groups attached to an aromatic ring is 1. The second kappa shape index (κ2) is 7.45. The number of nitrogens with one attached hydrogen (secondary N) is 2. The third-order valence-electron chi connectivity index (χ3n) is 2.44. The van der Waals surface area contributed by atoms with Crippen LogP contribution in [0.25, 0.3) is 0 Å². The third-order valence-corrected chi connectivity index (χ3v) is 2.44. The quantitative estimate of drug-likeness (QED) is 0.357. The van der Waals surface area contributed by atoms with Crippen LogP contribution in [0.3, 0.4) is 0 Å². The summed E-state index contributed by atoms with van der Waals surface area (Å²) < 4.78 is 0. The number of nitrogens with two attached hydrogens (primary N) is 1. The van der Waals surface area contributed by atoms with Crippen LogP contribution >= 0.6 is 0 Å². The fourth-order valence-corrected chi connectivity index (χ4v) is 1.57. The molecule has 0 spiro atoms. The Kier molecular flexibility index (Phi) is 5.91. The van der Waals surface area contributed by atoms with Crippen molar-refractivity contribution < 1.29 is 9.59 Å². The van der Waals surface area contributed by atoms with Gasteiger partial charge in [0.05, 0.1) is 17.8 Å². The maximum Gasteiger partial charge on any atom is 0.266 e. The molecule has 0 atom stereocenters. The fourth-order valence-electron chi connectivity index (χ4n) is 1.57. The Morgan fingerprint density at radius 3 is 2.68 bits per heavy atom. The summed E-state index contributed by atoms with van der Waals surface area (Å²) in [5.74, 6) is 4.62. The Labute approximate surface area is 112 Å². The highest BCUT2D eigenvalue weighted by molar-refractivity contribution is 5.93. The number of rotatable bonds is 6. The summed E-state index contributed by atoms with van der Waals surface area (Å²) in [5.41, 5.74) is 3.22. The summed E-state index contributed by atoms with van der Waals surface area (Å²) in [4.78, 5) is 28.6. The Hall–Kier alpha value is -1.99. The molecule has 2 amide bonds. The average molecular weight is 265 g/mol. The van der Waals surface area contributed by atoms with Crippen molar-refractivity contribution >= 4 is 11.8 Å². The first kappa shape index (κ1) is 15.1. The van der Waals surface area contributed by atoms with Gasteiger partial charge >= 0.3 is 0 Å². The van der Waals surface area contributed by atoms with Crippen LogP contribution in [0, 0.1) is 0 Å². The highest BCUT2D eigenvalue weighted by atomic mass is 16.2. The van der Waals surface area contributed by atoms with Crippen LogP contribution in [0.5, 0.6) is 0 Å². The van der Waals surface area contributed by atoms with Crippen molar-refractivity contribution in [1.29, 1.82) is 0 Å². The van der Waals surface area contributed by atoms with Crippen LogP contribution in [0.4, 0.5) is 0 Å². The molecule has 0 aliphatic heterocycles.